The second-order valence-electron chi connectivity index (χ2n) is 7.13. The SMILES string of the molecule is CCC(NC1CCN2CCCC2C1)C1CCCCC1. The molecule has 2 aliphatic heterocycles. The fourth-order valence-corrected chi connectivity index (χ4v) is 4.80. The van der Waals surface area contributed by atoms with Gasteiger partial charge in [0.1, 0.15) is 0 Å². The first-order valence-corrected chi connectivity index (χ1v) is 8.87. The first kappa shape index (κ1) is 13.9. The van der Waals surface area contributed by atoms with Gasteiger partial charge in [0.15, 0.2) is 0 Å². The van der Waals surface area contributed by atoms with Crippen LogP contribution in [0.2, 0.25) is 0 Å². The molecule has 2 nitrogen and oxygen atoms in total. The number of nitrogens with one attached hydrogen (secondary N) is 1. The summed E-state index contributed by atoms with van der Waals surface area (Å²) in [6.07, 6.45) is 14.4. The number of hydrogen-bond donors (Lipinski definition) is 1. The van der Waals surface area contributed by atoms with Gasteiger partial charge in [0.2, 0.25) is 0 Å². The Hall–Kier alpha value is -0.0800. The van der Waals surface area contributed by atoms with Crippen molar-refractivity contribution >= 4 is 0 Å². The molecule has 1 saturated carbocycles. The highest BCUT2D eigenvalue weighted by molar-refractivity contribution is 4.91. The van der Waals surface area contributed by atoms with Crippen LogP contribution in [0.3, 0.4) is 0 Å². The molecule has 2 heteroatoms. The maximum absolute atomic E-state index is 4.06. The van der Waals surface area contributed by atoms with Gasteiger partial charge in [-0.25, -0.2) is 0 Å². The quantitative estimate of drug-likeness (QED) is 0.835. The van der Waals surface area contributed by atoms with E-state index in [1.807, 2.05) is 0 Å². The molecule has 0 aromatic heterocycles. The van der Waals surface area contributed by atoms with Gasteiger partial charge < -0.3 is 10.2 Å². The van der Waals surface area contributed by atoms with Gasteiger partial charge >= 0.3 is 0 Å². The van der Waals surface area contributed by atoms with Gasteiger partial charge in [0.25, 0.3) is 0 Å². The first-order valence-electron chi connectivity index (χ1n) is 8.87. The molecule has 0 radical (unpaired) electrons. The van der Waals surface area contributed by atoms with Crippen LogP contribution in [0.4, 0.5) is 0 Å². The maximum Gasteiger partial charge on any atom is 0.0111 e. The molecule has 3 rings (SSSR count). The minimum atomic E-state index is 0.804. The molecule has 110 valence electrons. The van der Waals surface area contributed by atoms with Crippen LogP contribution in [0.5, 0.6) is 0 Å². The summed E-state index contributed by atoms with van der Waals surface area (Å²) in [5, 5.41) is 4.06. The molecule has 1 aliphatic carbocycles. The van der Waals surface area contributed by atoms with Crippen molar-refractivity contribution in [1.82, 2.24) is 10.2 Å². The van der Waals surface area contributed by atoms with Crippen molar-refractivity contribution in [3.63, 3.8) is 0 Å². The Kier molecular flexibility index (Phi) is 4.81. The Balaban J connectivity index is 1.51. The third-order valence-corrected chi connectivity index (χ3v) is 5.93. The van der Waals surface area contributed by atoms with E-state index in [9.17, 15) is 0 Å². The average Bonchev–Trinajstić information content (AvgIpc) is 2.93. The Morgan fingerprint density at radius 1 is 1.00 bits per heavy atom. The fraction of sp³-hybridized carbons (Fsp3) is 1.00. The molecule has 0 spiro atoms. The lowest BCUT2D eigenvalue weighted by Crippen LogP contribution is -2.50. The molecule has 2 saturated heterocycles. The van der Waals surface area contributed by atoms with E-state index in [-0.39, 0.29) is 0 Å². The number of fused-ring (bicyclic) bond motifs is 1. The Morgan fingerprint density at radius 2 is 1.84 bits per heavy atom. The van der Waals surface area contributed by atoms with E-state index in [2.05, 4.69) is 17.1 Å². The number of rotatable bonds is 4. The molecule has 3 aliphatic rings. The highest BCUT2D eigenvalue weighted by Gasteiger charge is 2.33. The molecule has 3 atom stereocenters. The fourth-order valence-electron chi connectivity index (χ4n) is 4.80. The van der Waals surface area contributed by atoms with Gasteiger partial charge in [-0.15, -0.1) is 0 Å². The molecule has 3 unspecified atom stereocenters. The van der Waals surface area contributed by atoms with Crippen LogP contribution in [-0.2, 0) is 0 Å². The summed E-state index contributed by atoms with van der Waals surface area (Å²) in [7, 11) is 0. The third kappa shape index (κ3) is 3.33. The summed E-state index contributed by atoms with van der Waals surface area (Å²) < 4.78 is 0. The van der Waals surface area contributed by atoms with Gasteiger partial charge in [-0.2, -0.15) is 0 Å². The van der Waals surface area contributed by atoms with Gasteiger partial charge in [-0.1, -0.05) is 26.2 Å². The number of piperidine rings is 1. The lowest BCUT2D eigenvalue weighted by atomic mass is 9.82. The van der Waals surface area contributed by atoms with Crippen molar-refractivity contribution in [2.45, 2.75) is 89.3 Å². The summed E-state index contributed by atoms with van der Waals surface area (Å²) >= 11 is 0. The van der Waals surface area contributed by atoms with Crippen LogP contribution in [0.15, 0.2) is 0 Å². The summed E-state index contributed by atoms with van der Waals surface area (Å²) in [5.74, 6) is 0.973. The molecule has 2 heterocycles. The van der Waals surface area contributed by atoms with E-state index in [1.54, 1.807) is 0 Å². The van der Waals surface area contributed by atoms with Crippen molar-refractivity contribution in [3.8, 4) is 0 Å². The molecule has 0 bridgehead atoms. The van der Waals surface area contributed by atoms with Crippen LogP contribution >= 0.6 is 0 Å². The first-order chi connectivity index (χ1) is 9.36. The highest BCUT2D eigenvalue weighted by atomic mass is 15.2. The third-order valence-electron chi connectivity index (χ3n) is 5.93. The second kappa shape index (κ2) is 6.58. The van der Waals surface area contributed by atoms with E-state index < -0.39 is 0 Å². The molecule has 19 heavy (non-hydrogen) atoms. The van der Waals surface area contributed by atoms with Crippen molar-refractivity contribution in [2.24, 2.45) is 5.92 Å². The van der Waals surface area contributed by atoms with Crippen LogP contribution in [0.25, 0.3) is 0 Å². The Labute approximate surface area is 119 Å². The molecule has 3 fully saturated rings. The minimum Gasteiger partial charge on any atom is -0.311 e. The van der Waals surface area contributed by atoms with E-state index in [1.165, 1.54) is 77.3 Å². The van der Waals surface area contributed by atoms with Gasteiger partial charge in [-0.05, 0) is 64.0 Å². The van der Waals surface area contributed by atoms with Gasteiger partial charge in [0.05, 0.1) is 0 Å². The topological polar surface area (TPSA) is 15.3 Å². The van der Waals surface area contributed by atoms with Crippen LogP contribution in [-0.4, -0.2) is 36.1 Å². The Morgan fingerprint density at radius 3 is 2.63 bits per heavy atom. The number of nitrogens with zero attached hydrogens (tertiary/aromatic N) is 1. The predicted octanol–water partition coefficient (Wildman–Crippen LogP) is 3.56. The minimum absolute atomic E-state index is 0.804. The molecule has 1 N–H and O–H groups in total. The predicted molar refractivity (Wildman–Crippen MR) is 81.4 cm³/mol. The van der Waals surface area contributed by atoms with Gasteiger partial charge in [-0.3, -0.25) is 0 Å². The van der Waals surface area contributed by atoms with Crippen LogP contribution < -0.4 is 5.32 Å². The lowest BCUT2D eigenvalue weighted by molar-refractivity contribution is 0.146. The second-order valence-corrected chi connectivity index (χ2v) is 7.13. The van der Waals surface area contributed by atoms with E-state index in [4.69, 9.17) is 0 Å². The molecular formula is C17H32N2. The standard InChI is InChI=1S/C17H32N2/c1-2-17(14-7-4-3-5-8-14)18-15-10-12-19-11-6-9-16(19)13-15/h14-18H,2-13H2,1H3. The highest BCUT2D eigenvalue weighted by Crippen LogP contribution is 2.31. The monoisotopic (exact) mass is 264 g/mol. The maximum atomic E-state index is 4.06. The summed E-state index contributed by atoms with van der Waals surface area (Å²) in [6, 6.07) is 2.53. The van der Waals surface area contributed by atoms with E-state index in [0.29, 0.717) is 0 Å². The van der Waals surface area contributed by atoms with Crippen molar-refractivity contribution in [2.75, 3.05) is 13.1 Å². The lowest BCUT2D eigenvalue weighted by Gasteiger charge is -2.39. The number of hydrogen-bond acceptors (Lipinski definition) is 2. The van der Waals surface area contributed by atoms with Crippen molar-refractivity contribution in [1.29, 1.82) is 0 Å². The van der Waals surface area contributed by atoms with Crippen molar-refractivity contribution < 1.29 is 0 Å². The molecule has 0 aromatic carbocycles. The van der Waals surface area contributed by atoms with Gasteiger partial charge in [0, 0.05) is 18.1 Å². The molecule has 0 aromatic rings. The zero-order chi connectivity index (χ0) is 13.1. The zero-order valence-corrected chi connectivity index (χ0v) is 12.7. The van der Waals surface area contributed by atoms with Crippen molar-refractivity contribution in [3.05, 3.63) is 0 Å². The average molecular weight is 264 g/mol. The smallest absolute Gasteiger partial charge is 0.0111 e. The normalized spacial score (nSPS) is 35.2. The van der Waals surface area contributed by atoms with Crippen LogP contribution in [0, 0.1) is 5.92 Å². The summed E-state index contributed by atoms with van der Waals surface area (Å²) in [6.45, 7) is 5.11. The van der Waals surface area contributed by atoms with E-state index >= 15 is 0 Å². The van der Waals surface area contributed by atoms with E-state index in [0.717, 1.165) is 24.0 Å². The summed E-state index contributed by atoms with van der Waals surface area (Å²) in [4.78, 5) is 2.74. The summed E-state index contributed by atoms with van der Waals surface area (Å²) in [5.41, 5.74) is 0. The zero-order valence-electron chi connectivity index (χ0n) is 12.7. The molecule has 0 amide bonds. The molecular weight excluding hydrogens is 232 g/mol. The largest absolute Gasteiger partial charge is 0.311 e. The Bertz CT molecular complexity index is 272. The van der Waals surface area contributed by atoms with Crippen LogP contribution in [0.1, 0.15) is 71.1 Å².